The van der Waals surface area contributed by atoms with Gasteiger partial charge in [-0.1, -0.05) is 37.3 Å². The number of benzene rings is 1. The largest absolute Gasteiger partial charge is 0.307 e. The predicted molar refractivity (Wildman–Crippen MR) is 73.1 cm³/mol. The van der Waals surface area contributed by atoms with E-state index in [1.807, 2.05) is 12.3 Å². The molecule has 2 rings (SSSR count). The molecule has 0 bridgehead atoms. The van der Waals surface area contributed by atoms with Crippen molar-refractivity contribution in [1.82, 2.24) is 5.32 Å². The van der Waals surface area contributed by atoms with E-state index >= 15 is 0 Å². The van der Waals surface area contributed by atoms with Gasteiger partial charge in [0.2, 0.25) is 0 Å². The quantitative estimate of drug-likeness (QED) is 0.841. The monoisotopic (exact) mass is 228 g/mol. The molecule has 90 valence electrons. The summed E-state index contributed by atoms with van der Waals surface area (Å²) in [5.74, 6) is 0.640. The molecular formula is C15H20N2. The summed E-state index contributed by atoms with van der Waals surface area (Å²) in [7, 11) is 0. The van der Waals surface area contributed by atoms with Gasteiger partial charge in [0, 0.05) is 19.3 Å². The van der Waals surface area contributed by atoms with Crippen molar-refractivity contribution in [3.05, 3.63) is 47.2 Å². The molecule has 0 saturated heterocycles. The summed E-state index contributed by atoms with van der Waals surface area (Å²) in [4.78, 5) is 4.48. The number of aliphatic imine (C=N–C) groups is 1. The molecule has 0 radical (unpaired) electrons. The minimum Gasteiger partial charge on any atom is -0.307 e. The zero-order valence-corrected chi connectivity index (χ0v) is 10.6. The third-order valence-electron chi connectivity index (χ3n) is 3.36. The minimum atomic E-state index is 0.640. The van der Waals surface area contributed by atoms with Crippen LogP contribution in [0.15, 0.2) is 46.6 Å². The van der Waals surface area contributed by atoms with Crippen molar-refractivity contribution in [1.29, 1.82) is 0 Å². The molecule has 1 aliphatic heterocycles. The second-order valence-corrected chi connectivity index (χ2v) is 4.67. The molecule has 0 fully saturated rings. The second-order valence-electron chi connectivity index (χ2n) is 4.67. The maximum absolute atomic E-state index is 4.48. The van der Waals surface area contributed by atoms with Gasteiger partial charge in [-0.3, -0.25) is 4.99 Å². The highest BCUT2D eigenvalue weighted by molar-refractivity contribution is 5.62. The third kappa shape index (κ3) is 3.27. The molecule has 2 nitrogen and oxygen atoms in total. The van der Waals surface area contributed by atoms with Crippen LogP contribution < -0.4 is 5.32 Å². The van der Waals surface area contributed by atoms with Gasteiger partial charge in [0.1, 0.15) is 0 Å². The first-order valence-corrected chi connectivity index (χ1v) is 6.24. The van der Waals surface area contributed by atoms with Crippen molar-refractivity contribution < 1.29 is 0 Å². The second kappa shape index (κ2) is 5.78. The van der Waals surface area contributed by atoms with Gasteiger partial charge in [0.15, 0.2) is 0 Å². The zero-order valence-electron chi connectivity index (χ0n) is 10.6. The molecule has 17 heavy (non-hydrogen) atoms. The van der Waals surface area contributed by atoms with Crippen molar-refractivity contribution in [3.63, 3.8) is 0 Å². The van der Waals surface area contributed by atoms with E-state index in [0.717, 1.165) is 19.5 Å². The van der Waals surface area contributed by atoms with Gasteiger partial charge in [-0.25, -0.2) is 0 Å². The van der Waals surface area contributed by atoms with Gasteiger partial charge < -0.3 is 5.32 Å². The average Bonchev–Trinajstić information content (AvgIpc) is 2.36. The highest BCUT2D eigenvalue weighted by Crippen LogP contribution is 2.21. The normalized spacial score (nSPS) is 19.8. The summed E-state index contributed by atoms with van der Waals surface area (Å²) in [5, 5.41) is 3.45. The molecule has 0 saturated carbocycles. The number of nitrogens with zero attached hydrogens (tertiary/aromatic N) is 1. The van der Waals surface area contributed by atoms with Crippen LogP contribution in [0, 0.1) is 5.92 Å². The molecule has 2 heteroatoms. The minimum absolute atomic E-state index is 0.640. The van der Waals surface area contributed by atoms with Gasteiger partial charge in [-0.15, -0.1) is 0 Å². The lowest BCUT2D eigenvalue weighted by atomic mass is 9.95. The fourth-order valence-corrected chi connectivity index (χ4v) is 1.99. The van der Waals surface area contributed by atoms with Crippen molar-refractivity contribution in [2.24, 2.45) is 10.9 Å². The first-order chi connectivity index (χ1) is 8.27. The van der Waals surface area contributed by atoms with Crippen molar-refractivity contribution in [3.8, 4) is 0 Å². The number of hydrogen-bond donors (Lipinski definition) is 1. The highest BCUT2D eigenvalue weighted by atomic mass is 14.9. The Kier molecular flexibility index (Phi) is 4.10. The molecule has 0 aliphatic carbocycles. The van der Waals surface area contributed by atoms with E-state index in [0.29, 0.717) is 5.92 Å². The number of allylic oxidation sites excluding steroid dienone is 1. The maximum Gasteiger partial charge on any atom is 0.0529 e. The SMILES string of the molecule is CC1=C(CNCc2ccccc2)N=CC[C@H]1C. The lowest BCUT2D eigenvalue weighted by Crippen LogP contribution is -2.19. The number of nitrogens with one attached hydrogen (secondary N) is 1. The smallest absolute Gasteiger partial charge is 0.0529 e. The third-order valence-corrected chi connectivity index (χ3v) is 3.36. The maximum atomic E-state index is 4.48. The highest BCUT2D eigenvalue weighted by Gasteiger charge is 2.12. The molecule has 0 aromatic heterocycles. The van der Waals surface area contributed by atoms with E-state index in [-0.39, 0.29) is 0 Å². The molecule has 1 N–H and O–H groups in total. The molecular weight excluding hydrogens is 208 g/mol. The zero-order chi connectivity index (χ0) is 12.1. The molecule has 0 spiro atoms. The summed E-state index contributed by atoms with van der Waals surface area (Å²) in [6, 6.07) is 10.5. The molecule has 1 atom stereocenters. The summed E-state index contributed by atoms with van der Waals surface area (Å²) < 4.78 is 0. The van der Waals surface area contributed by atoms with Crippen LogP contribution in [0.2, 0.25) is 0 Å². The van der Waals surface area contributed by atoms with E-state index in [2.05, 4.69) is 48.4 Å². The van der Waals surface area contributed by atoms with Crippen LogP contribution >= 0.6 is 0 Å². The summed E-state index contributed by atoms with van der Waals surface area (Å²) in [6.45, 7) is 6.22. The predicted octanol–water partition coefficient (Wildman–Crippen LogP) is 3.16. The molecule has 0 unspecified atom stereocenters. The Balaban J connectivity index is 1.87. The topological polar surface area (TPSA) is 24.4 Å². The fourth-order valence-electron chi connectivity index (χ4n) is 1.99. The summed E-state index contributed by atoms with van der Waals surface area (Å²) in [6.07, 6.45) is 3.12. The van der Waals surface area contributed by atoms with E-state index in [1.165, 1.54) is 16.8 Å². The molecule has 1 heterocycles. The van der Waals surface area contributed by atoms with Crippen LogP contribution in [0.5, 0.6) is 0 Å². The molecule has 1 aromatic carbocycles. The molecule has 1 aromatic rings. The van der Waals surface area contributed by atoms with Crippen LogP contribution in [0.3, 0.4) is 0 Å². The van der Waals surface area contributed by atoms with Crippen molar-refractivity contribution >= 4 is 6.21 Å². The van der Waals surface area contributed by atoms with Crippen LogP contribution in [-0.4, -0.2) is 12.8 Å². The first-order valence-electron chi connectivity index (χ1n) is 6.24. The van der Waals surface area contributed by atoms with Gasteiger partial charge in [0.25, 0.3) is 0 Å². The Morgan fingerprint density at radius 2 is 2.00 bits per heavy atom. The lowest BCUT2D eigenvalue weighted by Gasteiger charge is -2.18. The van der Waals surface area contributed by atoms with E-state index in [9.17, 15) is 0 Å². The summed E-state index contributed by atoms with van der Waals surface area (Å²) in [5.41, 5.74) is 3.95. The number of rotatable bonds is 4. The van der Waals surface area contributed by atoms with Gasteiger partial charge in [-0.05, 0) is 30.4 Å². The van der Waals surface area contributed by atoms with Crippen LogP contribution in [0.25, 0.3) is 0 Å². The van der Waals surface area contributed by atoms with Crippen LogP contribution in [0.1, 0.15) is 25.8 Å². The Morgan fingerprint density at radius 3 is 2.76 bits per heavy atom. The van der Waals surface area contributed by atoms with Gasteiger partial charge in [0.05, 0.1) is 5.70 Å². The van der Waals surface area contributed by atoms with Crippen LogP contribution in [0.4, 0.5) is 0 Å². The average molecular weight is 228 g/mol. The number of hydrogen-bond acceptors (Lipinski definition) is 2. The standard InChI is InChI=1S/C15H20N2/c1-12-8-9-17-15(13(12)2)11-16-10-14-6-4-3-5-7-14/h3-7,9,12,16H,8,10-11H2,1-2H3/t12-/m1/s1. The van der Waals surface area contributed by atoms with Crippen molar-refractivity contribution in [2.45, 2.75) is 26.8 Å². The molecule has 1 aliphatic rings. The fraction of sp³-hybridized carbons (Fsp3) is 0.400. The Bertz CT molecular complexity index is 418. The Labute approximate surface area is 103 Å². The van der Waals surface area contributed by atoms with Crippen LogP contribution in [-0.2, 0) is 6.54 Å². The van der Waals surface area contributed by atoms with E-state index < -0.39 is 0 Å². The van der Waals surface area contributed by atoms with Crippen molar-refractivity contribution in [2.75, 3.05) is 6.54 Å². The first kappa shape index (κ1) is 12.1. The summed E-state index contributed by atoms with van der Waals surface area (Å²) >= 11 is 0. The van der Waals surface area contributed by atoms with Gasteiger partial charge in [-0.2, -0.15) is 0 Å². The lowest BCUT2D eigenvalue weighted by molar-refractivity contribution is 0.663. The Hall–Kier alpha value is -1.41. The van der Waals surface area contributed by atoms with Gasteiger partial charge >= 0.3 is 0 Å². The van der Waals surface area contributed by atoms with E-state index in [1.54, 1.807) is 0 Å². The van der Waals surface area contributed by atoms with E-state index in [4.69, 9.17) is 0 Å². The molecule has 0 amide bonds. The Morgan fingerprint density at radius 1 is 1.24 bits per heavy atom.